The highest BCUT2D eigenvalue weighted by molar-refractivity contribution is 7.18. The first-order chi connectivity index (χ1) is 16.4. The first-order valence-electron chi connectivity index (χ1n) is 10.4. The van der Waals surface area contributed by atoms with Crippen LogP contribution in [0.3, 0.4) is 0 Å². The summed E-state index contributed by atoms with van der Waals surface area (Å²) in [6.45, 7) is 0. The maximum absolute atomic E-state index is 13.6. The van der Waals surface area contributed by atoms with Gasteiger partial charge in [0.25, 0.3) is 0 Å². The Morgan fingerprint density at radius 3 is 1.94 bits per heavy atom. The maximum atomic E-state index is 13.6. The lowest BCUT2D eigenvalue weighted by Gasteiger charge is -2.12. The van der Waals surface area contributed by atoms with Gasteiger partial charge in [0.15, 0.2) is 5.43 Å². The van der Waals surface area contributed by atoms with Crippen LogP contribution < -0.4 is 10.2 Å². The quantitative estimate of drug-likeness (QED) is 0.362. The molecule has 0 atom stereocenters. The van der Waals surface area contributed by atoms with E-state index in [1.54, 1.807) is 55.6 Å². The summed E-state index contributed by atoms with van der Waals surface area (Å²) in [5, 5.41) is 0.600. The third-order valence-corrected chi connectivity index (χ3v) is 6.66. The molecule has 1 aromatic heterocycles. The highest BCUT2D eigenvalue weighted by Gasteiger charge is 2.17. The fraction of sp³-hybridized carbons (Fsp3) is 0.148. The Hall–Kier alpha value is -3.97. The average molecular weight is 475 g/mol. The number of benzene rings is 3. The Balaban J connectivity index is 1.85. The Labute approximate surface area is 200 Å². The monoisotopic (exact) mass is 474 g/mol. The maximum Gasteiger partial charge on any atom is 0.337 e. The summed E-state index contributed by atoms with van der Waals surface area (Å²) >= 11 is 1.51. The van der Waals surface area contributed by atoms with E-state index in [2.05, 4.69) is 0 Å². The molecule has 0 aliphatic heterocycles. The molecule has 0 spiro atoms. The molecular weight excluding hydrogens is 452 g/mol. The van der Waals surface area contributed by atoms with Gasteiger partial charge in [-0.1, -0.05) is 24.3 Å². The zero-order valence-corrected chi connectivity index (χ0v) is 19.7. The van der Waals surface area contributed by atoms with Crippen molar-refractivity contribution in [1.82, 2.24) is 0 Å². The van der Waals surface area contributed by atoms with Crippen LogP contribution in [0.25, 0.3) is 21.2 Å². The van der Waals surface area contributed by atoms with Gasteiger partial charge < -0.3 is 14.2 Å². The van der Waals surface area contributed by atoms with Crippen LogP contribution in [0.15, 0.2) is 71.5 Å². The van der Waals surface area contributed by atoms with Crippen LogP contribution in [0.4, 0.5) is 0 Å². The fourth-order valence-corrected chi connectivity index (χ4v) is 4.98. The van der Waals surface area contributed by atoms with Gasteiger partial charge in [-0.2, -0.15) is 0 Å². The number of methoxy groups -OCH3 is 3. The summed E-state index contributed by atoms with van der Waals surface area (Å²) < 4.78 is 15.7. The van der Waals surface area contributed by atoms with E-state index in [4.69, 9.17) is 14.2 Å². The van der Waals surface area contributed by atoms with E-state index < -0.39 is 11.9 Å². The van der Waals surface area contributed by atoms with Crippen molar-refractivity contribution in [1.29, 1.82) is 0 Å². The number of ether oxygens (including phenoxy) is 3. The van der Waals surface area contributed by atoms with E-state index in [0.29, 0.717) is 39.8 Å². The summed E-state index contributed by atoms with van der Waals surface area (Å²) in [6.07, 6.45) is 0.489. The number of carbonyl (C=O) groups excluding carboxylic acids is 2. The van der Waals surface area contributed by atoms with Crippen molar-refractivity contribution in [3.63, 3.8) is 0 Å². The van der Waals surface area contributed by atoms with Crippen molar-refractivity contribution in [3.05, 3.63) is 98.5 Å². The minimum atomic E-state index is -0.437. The highest BCUT2D eigenvalue weighted by atomic mass is 32.1. The molecular formula is C27H22O6S. The molecule has 0 unspecified atom stereocenters. The molecule has 1 heterocycles. The molecule has 0 fully saturated rings. The van der Waals surface area contributed by atoms with Gasteiger partial charge in [-0.25, -0.2) is 9.59 Å². The molecule has 0 saturated carbocycles. The number of hydrogen-bond acceptors (Lipinski definition) is 7. The number of hydrogen-bond donors (Lipinski definition) is 0. The summed E-state index contributed by atoms with van der Waals surface area (Å²) in [4.78, 5) is 38.1. The van der Waals surface area contributed by atoms with Crippen LogP contribution in [0, 0.1) is 0 Å². The molecule has 4 aromatic rings. The number of rotatable bonds is 6. The molecule has 0 amide bonds. The van der Waals surface area contributed by atoms with Crippen molar-refractivity contribution in [2.45, 2.75) is 6.42 Å². The molecule has 4 rings (SSSR count). The normalized spacial score (nSPS) is 10.7. The molecule has 0 saturated heterocycles. The number of fused-ring (bicyclic) bond motifs is 1. The molecule has 0 bridgehead atoms. The smallest absolute Gasteiger partial charge is 0.337 e. The van der Waals surface area contributed by atoms with Gasteiger partial charge in [-0.05, 0) is 53.6 Å². The largest absolute Gasteiger partial charge is 0.497 e. The minimum Gasteiger partial charge on any atom is -0.497 e. The SMILES string of the molecule is COC(=O)c1ccc(Cc2sc3cc(OC)ccc3c(=O)c2-c2ccc(C(=O)OC)cc2)cc1. The minimum absolute atomic E-state index is 0.0941. The van der Waals surface area contributed by atoms with E-state index in [1.165, 1.54) is 25.6 Å². The zero-order valence-electron chi connectivity index (χ0n) is 18.9. The van der Waals surface area contributed by atoms with Crippen LogP contribution >= 0.6 is 11.3 Å². The van der Waals surface area contributed by atoms with Gasteiger partial charge in [-0.15, -0.1) is 11.3 Å². The van der Waals surface area contributed by atoms with E-state index in [1.807, 2.05) is 18.2 Å². The zero-order chi connectivity index (χ0) is 24.2. The van der Waals surface area contributed by atoms with Crippen LogP contribution in [0.2, 0.25) is 0 Å². The molecule has 0 N–H and O–H groups in total. The lowest BCUT2D eigenvalue weighted by molar-refractivity contribution is 0.0592. The molecule has 3 aromatic carbocycles. The van der Waals surface area contributed by atoms with Crippen molar-refractivity contribution >= 4 is 33.4 Å². The molecule has 7 heteroatoms. The van der Waals surface area contributed by atoms with Gasteiger partial charge in [0.1, 0.15) is 5.75 Å². The summed E-state index contributed by atoms with van der Waals surface area (Å²) in [6, 6.07) is 19.3. The molecule has 0 aliphatic rings. The summed E-state index contributed by atoms with van der Waals surface area (Å²) in [7, 11) is 4.26. The molecule has 34 heavy (non-hydrogen) atoms. The Morgan fingerprint density at radius 2 is 1.38 bits per heavy atom. The number of carbonyl (C=O) groups is 2. The van der Waals surface area contributed by atoms with Crippen LogP contribution in [0.1, 0.15) is 31.2 Å². The van der Waals surface area contributed by atoms with Crippen molar-refractivity contribution < 1.29 is 23.8 Å². The molecule has 0 aliphatic carbocycles. The van der Waals surface area contributed by atoms with Crippen LogP contribution in [0.5, 0.6) is 5.75 Å². The Bertz CT molecular complexity index is 1420. The molecule has 6 nitrogen and oxygen atoms in total. The van der Waals surface area contributed by atoms with Gasteiger partial charge in [0, 0.05) is 26.9 Å². The summed E-state index contributed by atoms with van der Waals surface area (Å²) in [5.74, 6) is -0.166. The fourth-order valence-electron chi connectivity index (χ4n) is 3.72. The summed E-state index contributed by atoms with van der Waals surface area (Å²) in [5.41, 5.74) is 3.01. The van der Waals surface area contributed by atoms with Gasteiger partial charge in [0.2, 0.25) is 0 Å². The first-order valence-corrected chi connectivity index (χ1v) is 11.3. The third kappa shape index (κ3) is 4.56. The second kappa shape index (κ2) is 9.89. The van der Waals surface area contributed by atoms with Gasteiger partial charge in [0.05, 0.1) is 32.5 Å². The molecule has 0 radical (unpaired) electrons. The lowest BCUT2D eigenvalue weighted by atomic mass is 9.99. The van der Waals surface area contributed by atoms with Crippen molar-refractivity contribution in [2.24, 2.45) is 0 Å². The lowest BCUT2D eigenvalue weighted by Crippen LogP contribution is -2.09. The second-order valence-electron chi connectivity index (χ2n) is 7.53. The predicted molar refractivity (Wildman–Crippen MR) is 132 cm³/mol. The van der Waals surface area contributed by atoms with E-state index >= 15 is 0 Å². The average Bonchev–Trinajstić information content (AvgIpc) is 2.88. The van der Waals surface area contributed by atoms with Gasteiger partial charge >= 0.3 is 11.9 Å². The Kier molecular flexibility index (Phi) is 6.75. The number of esters is 2. The van der Waals surface area contributed by atoms with Gasteiger partial charge in [-0.3, -0.25) is 4.79 Å². The topological polar surface area (TPSA) is 78.9 Å². The third-order valence-electron chi connectivity index (χ3n) is 5.51. The van der Waals surface area contributed by atoms with E-state index in [9.17, 15) is 14.4 Å². The van der Waals surface area contributed by atoms with Crippen molar-refractivity contribution in [3.8, 4) is 16.9 Å². The van der Waals surface area contributed by atoms with Crippen LogP contribution in [-0.2, 0) is 15.9 Å². The van der Waals surface area contributed by atoms with E-state index in [0.717, 1.165) is 15.1 Å². The standard InChI is InChI=1S/C27H22O6S/c1-31-20-12-13-21-22(15-20)34-23(14-16-4-6-18(7-5-16)26(29)32-2)24(25(21)28)17-8-10-19(11-9-17)27(30)33-3/h4-13,15H,14H2,1-3H3. The van der Waals surface area contributed by atoms with Crippen LogP contribution in [-0.4, -0.2) is 33.3 Å². The van der Waals surface area contributed by atoms with Crippen molar-refractivity contribution in [2.75, 3.05) is 21.3 Å². The molecule has 172 valence electrons. The first kappa shape index (κ1) is 23.2. The van der Waals surface area contributed by atoms with E-state index in [-0.39, 0.29) is 5.43 Å². The predicted octanol–water partition coefficient (Wildman–Crippen LogP) is 5.10. The Morgan fingerprint density at radius 1 is 0.794 bits per heavy atom. The second-order valence-corrected chi connectivity index (χ2v) is 8.66. The highest BCUT2D eigenvalue weighted by Crippen LogP contribution is 2.33.